The van der Waals surface area contributed by atoms with E-state index in [2.05, 4.69) is 16.6 Å². The number of rotatable bonds is 0. The molecule has 0 saturated carbocycles. The van der Waals surface area contributed by atoms with Crippen LogP contribution in [0.1, 0.15) is 5.56 Å². The number of benzene rings is 1. The summed E-state index contributed by atoms with van der Waals surface area (Å²) < 4.78 is 4.33. The molecule has 0 bridgehead atoms. The second-order valence-corrected chi connectivity index (χ2v) is 3.34. The molecular formula is C10H6Cl2O3. The van der Waals surface area contributed by atoms with Gasteiger partial charge >= 0.3 is 5.97 Å². The van der Waals surface area contributed by atoms with Gasteiger partial charge in [-0.15, -0.1) is 0 Å². The lowest BCUT2D eigenvalue weighted by Gasteiger charge is -1.99. The molecular weight excluding hydrogens is 239 g/mol. The molecule has 0 unspecified atom stereocenters. The molecule has 0 aliphatic rings. The molecule has 5 heteroatoms. The number of phenolic OH excluding ortho intramolecular Hbond substituents is 1. The SMILES string of the molecule is COC(=O)C#Cc1cc(Cl)c(O)cc1Cl. The lowest BCUT2D eigenvalue weighted by molar-refractivity contribution is -0.133. The molecule has 0 fully saturated rings. The van der Waals surface area contributed by atoms with Crippen molar-refractivity contribution in [2.45, 2.75) is 0 Å². The number of ether oxygens (including phenoxy) is 1. The Morgan fingerprint density at radius 2 is 2.07 bits per heavy atom. The number of hydrogen-bond donors (Lipinski definition) is 1. The van der Waals surface area contributed by atoms with Gasteiger partial charge in [0.2, 0.25) is 0 Å². The smallest absolute Gasteiger partial charge is 0.384 e. The number of hydrogen-bond acceptors (Lipinski definition) is 3. The quantitative estimate of drug-likeness (QED) is 0.563. The Hall–Kier alpha value is -1.37. The van der Waals surface area contributed by atoms with Crippen LogP contribution in [0.4, 0.5) is 0 Å². The molecule has 0 radical (unpaired) electrons. The van der Waals surface area contributed by atoms with Crippen molar-refractivity contribution in [3.8, 4) is 17.6 Å². The molecule has 1 aromatic carbocycles. The average molecular weight is 245 g/mol. The Kier molecular flexibility index (Phi) is 3.84. The molecule has 3 nitrogen and oxygen atoms in total. The van der Waals surface area contributed by atoms with Gasteiger partial charge < -0.3 is 9.84 Å². The number of halogens is 2. The Morgan fingerprint density at radius 3 is 2.67 bits per heavy atom. The van der Waals surface area contributed by atoms with Crippen molar-refractivity contribution < 1.29 is 14.6 Å². The summed E-state index contributed by atoms with van der Waals surface area (Å²) in [6.07, 6.45) is 0. The van der Waals surface area contributed by atoms with E-state index in [0.29, 0.717) is 5.56 Å². The molecule has 1 N–H and O–H groups in total. The molecule has 1 rings (SSSR count). The van der Waals surface area contributed by atoms with Crippen molar-refractivity contribution in [1.29, 1.82) is 0 Å². The molecule has 0 heterocycles. The number of aromatic hydroxyl groups is 1. The second kappa shape index (κ2) is 4.92. The predicted molar refractivity (Wildman–Crippen MR) is 57.0 cm³/mol. The summed E-state index contributed by atoms with van der Waals surface area (Å²) in [4.78, 5) is 10.7. The third-order valence-electron chi connectivity index (χ3n) is 1.52. The number of phenols is 1. The van der Waals surface area contributed by atoms with Gasteiger partial charge in [0.25, 0.3) is 0 Å². The topological polar surface area (TPSA) is 46.5 Å². The summed E-state index contributed by atoms with van der Waals surface area (Å²) in [5.41, 5.74) is 0.352. The monoisotopic (exact) mass is 244 g/mol. The highest BCUT2D eigenvalue weighted by Gasteiger charge is 2.04. The molecule has 15 heavy (non-hydrogen) atoms. The van der Waals surface area contributed by atoms with Gasteiger partial charge in [-0.2, -0.15) is 0 Å². The first-order chi connectivity index (χ1) is 7.04. The summed E-state index contributed by atoms with van der Waals surface area (Å²) in [6.45, 7) is 0. The van der Waals surface area contributed by atoms with Crippen LogP contribution in [0.2, 0.25) is 10.0 Å². The maximum absolute atomic E-state index is 10.7. The molecule has 0 atom stereocenters. The number of esters is 1. The van der Waals surface area contributed by atoms with E-state index >= 15 is 0 Å². The summed E-state index contributed by atoms with van der Waals surface area (Å²) in [5, 5.41) is 9.53. The van der Waals surface area contributed by atoms with Crippen molar-refractivity contribution >= 4 is 29.2 Å². The highest BCUT2D eigenvalue weighted by Crippen LogP contribution is 2.29. The van der Waals surface area contributed by atoms with Gasteiger partial charge in [0.05, 0.1) is 17.2 Å². The van der Waals surface area contributed by atoms with E-state index in [1.165, 1.54) is 19.2 Å². The van der Waals surface area contributed by atoms with Gasteiger partial charge in [-0.25, -0.2) is 4.79 Å². The standard InChI is InChI=1S/C10H6Cl2O3/c1-15-10(14)3-2-6-4-8(12)9(13)5-7(6)11/h4-5,13H,1H3. The summed E-state index contributed by atoms with van der Waals surface area (Å²) in [6, 6.07) is 2.63. The lowest BCUT2D eigenvalue weighted by Crippen LogP contribution is -1.94. The Morgan fingerprint density at radius 1 is 1.40 bits per heavy atom. The minimum atomic E-state index is -0.671. The summed E-state index contributed by atoms with van der Waals surface area (Å²) in [7, 11) is 1.22. The molecule has 0 aliphatic carbocycles. The van der Waals surface area contributed by atoms with Crippen molar-refractivity contribution in [2.24, 2.45) is 0 Å². The van der Waals surface area contributed by atoms with Crippen LogP contribution in [-0.4, -0.2) is 18.2 Å². The lowest BCUT2D eigenvalue weighted by atomic mass is 10.2. The van der Waals surface area contributed by atoms with Crippen LogP contribution < -0.4 is 0 Å². The fourth-order valence-corrected chi connectivity index (χ4v) is 1.17. The van der Waals surface area contributed by atoms with E-state index in [1.807, 2.05) is 0 Å². The maximum Gasteiger partial charge on any atom is 0.384 e. The van der Waals surface area contributed by atoms with Crippen molar-refractivity contribution in [2.75, 3.05) is 7.11 Å². The molecule has 0 saturated heterocycles. The second-order valence-electron chi connectivity index (χ2n) is 2.53. The molecule has 1 aromatic rings. The zero-order valence-electron chi connectivity index (χ0n) is 7.67. The Balaban J connectivity index is 3.09. The first-order valence-electron chi connectivity index (χ1n) is 3.82. The van der Waals surface area contributed by atoms with Gasteiger partial charge in [-0.1, -0.05) is 29.1 Å². The van der Waals surface area contributed by atoms with Crippen LogP contribution in [0.3, 0.4) is 0 Å². The third-order valence-corrected chi connectivity index (χ3v) is 2.14. The van der Waals surface area contributed by atoms with E-state index < -0.39 is 5.97 Å². The van der Waals surface area contributed by atoms with Crippen LogP contribution >= 0.6 is 23.2 Å². The Bertz CT molecular complexity index is 458. The van der Waals surface area contributed by atoms with Gasteiger partial charge in [-0.05, 0) is 6.07 Å². The van der Waals surface area contributed by atoms with Crippen LogP contribution in [0.5, 0.6) is 5.75 Å². The van der Waals surface area contributed by atoms with Crippen LogP contribution in [-0.2, 0) is 9.53 Å². The minimum absolute atomic E-state index is 0.119. The van der Waals surface area contributed by atoms with E-state index in [4.69, 9.17) is 23.2 Å². The third kappa shape index (κ3) is 3.05. The van der Waals surface area contributed by atoms with Crippen LogP contribution in [0.15, 0.2) is 12.1 Å². The highest BCUT2D eigenvalue weighted by molar-refractivity contribution is 6.35. The number of carbonyl (C=O) groups excluding carboxylic acids is 1. The van der Waals surface area contributed by atoms with Gasteiger partial charge in [0.15, 0.2) is 0 Å². The van der Waals surface area contributed by atoms with E-state index in [-0.39, 0.29) is 15.8 Å². The van der Waals surface area contributed by atoms with E-state index in [9.17, 15) is 9.90 Å². The fraction of sp³-hybridized carbons (Fsp3) is 0.100. The highest BCUT2D eigenvalue weighted by atomic mass is 35.5. The van der Waals surface area contributed by atoms with Gasteiger partial charge in [0, 0.05) is 17.6 Å². The minimum Gasteiger partial charge on any atom is -0.506 e. The van der Waals surface area contributed by atoms with Crippen molar-refractivity contribution in [1.82, 2.24) is 0 Å². The molecule has 0 amide bonds. The fourth-order valence-electron chi connectivity index (χ4n) is 0.802. The normalized spacial score (nSPS) is 9.00. The summed E-state index contributed by atoms with van der Waals surface area (Å²) in [5.74, 6) is 3.87. The number of carbonyl (C=O) groups is 1. The molecule has 0 spiro atoms. The molecule has 0 aromatic heterocycles. The van der Waals surface area contributed by atoms with Crippen molar-refractivity contribution in [3.05, 3.63) is 27.7 Å². The summed E-state index contributed by atoms with van der Waals surface area (Å²) >= 11 is 11.4. The van der Waals surface area contributed by atoms with Gasteiger partial charge in [0.1, 0.15) is 5.75 Å². The van der Waals surface area contributed by atoms with Crippen LogP contribution in [0.25, 0.3) is 0 Å². The van der Waals surface area contributed by atoms with E-state index in [0.717, 1.165) is 0 Å². The Labute approximate surface area is 96.6 Å². The van der Waals surface area contributed by atoms with Crippen molar-refractivity contribution in [3.63, 3.8) is 0 Å². The predicted octanol–water partition coefficient (Wildman–Crippen LogP) is 2.22. The largest absolute Gasteiger partial charge is 0.506 e. The first kappa shape index (κ1) is 11.7. The van der Waals surface area contributed by atoms with Crippen LogP contribution in [0, 0.1) is 11.8 Å². The zero-order valence-corrected chi connectivity index (χ0v) is 9.19. The molecule has 78 valence electrons. The van der Waals surface area contributed by atoms with E-state index in [1.54, 1.807) is 0 Å². The zero-order chi connectivity index (χ0) is 11.4. The number of methoxy groups -OCH3 is 1. The molecule has 0 aliphatic heterocycles. The average Bonchev–Trinajstić information content (AvgIpc) is 2.21. The first-order valence-corrected chi connectivity index (χ1v) is 4.58. The van der Waals surface area contributed by atoms with Gasteiger partial charge in [-0.3, -0.25) is 0 Å². The maximum atomic E-state index is 10.7.